The van der Waals surface area contributed by atoms with Crippen molar-refractivity contribution >= 4 is 11.3 Å². The molecular formula is C14H16F2N2OS. The van der Waals surface area contributed by atoms with Crippen LogP contribution in [0.15, 0.2) is 23.6 Å². The number of rotatable bonds is 6. The van der Waals surface area contributed by atoms with Gasteiger partial charge in [0.05, 0.1) is 16.8 Å². The van der Waals surface area contributed by atoms with E-state index < -0.39 is 17.7 Å². The molecule has 0 aliphatic heterocycles. The number of aliphatic hydroxyl groups excluding tert-OH is 1. The van der Waals surface area contributed by atoms with Crippen molar-refractivity contribution in [2.75, 3.05) is 13.1 Å². The van der Waals surface area contributed by atoms with Gasteiger partial charge in [-0.15, -0.1) is 11.3 Å². The summed E-state index contributed by atoms with van der Waals surface area (Å²) >= 11 is 1.59. The number of thiazole rings is 1. The highest BCUT2D eigenvalue weighted by atomic mass is 32.1. The maximum absolute atomic E-state index is 13.4. The Labute approximate surface area is 120 Å². The molecule has 2 rings (SSSR count). The van der Waals surface area contributed by atoms with E-state index in [4.69, 9.17) is 0 Å². The number of aromatic nitrogens is 1. The van der Waals surface area contributed by atoms with Gasteiger partial charge in [-0.25, -0.2) is 13.8 Å². The molecular weight excluding hydrogens is 282 g/mol. The molecule has 2 N–H and O–H groups in total. The molecule has 0 radical (unpaired) electrons. The summed E-state index contributed by atoms with van der Waals surface area (Å²) in [5.74, 6) is -1.16. The molecule has 20 heavy (non-hydrogen) atoms. The van der Waals surface area contributed by atoms with Crippen molar-refractivity contribution in [2.45, 2.75) is 19.4 Å². The van der Waals surface area contributed by atoms with Crippen molar-refractivity contribution < 1.29 is 13.9 Å². The van der Waals surface area contributed by atoms with Gasteiger partial charge in [-0.05, 0) is 25.1 Å². The molecule has 0 fully saturated rings. The summed E-state index contributed by atoms with van der Waals surface area (Å²) in [6.45, 7) is 2.73. The Morgan fingerprint density at radius 3 is 2.90 bits per heavy atom. The first-order valence-corrected chi connectivity index (χ1v) is 7.19. The van der Waals surface area contributed by atoms with Crippen molar-refractivity contribution in [3.63, 3.8) is 0 Å². The molecule has 1 unspecified atom stereocenters. The Kier molecular flexibility index (Phi) is 5.17. The van der Waals surface area contributed by atoms with Gasteiger partial charge in [-0.1, -0.05) is 0 Å². The van der Waals surface area contributed by atoms with Gasteiger partial charge in [0.25, 0.3) is 0 Å². The van der Waals surface area contributed by atoms with Gasteiger partial charge in [0.1, 0.15) is 11.6 Å². The van der Waals surface area contributed by atoms with Crippen LogP contribution in [0.2, 0.25) is 0 Å². The average molecular weight is 298 g/mol. The number of nitrogens with one attached hydrogen (secondary N) is 1. The second kappa shape index (κ2) is 6.88. The van der Waals surface area contributed by atoms with E-state index in [9.17, 15) is 13.9 Å². The molecule has 3 nitrogen and oxygen atoms in total. The smallest absolute Gasteiger partial charge is 0.129 e. The predicted octanol–water partition coefficient (Wildman–Crippen LogP) is 2.60. The molecule has 1 atom stereocenters. The minimum Gasteiger partial charge on any atom is -0.387 e. The molecule has 0 aliphatic carbocycles. The van der Waals surface area contributed by atoms with Crippen LogP contribution in [0.1, 0.15) is 22.4 Å². The van der Waals surface area contributed by atoms with E-state index in [2.05, 4.69) is 10.3 Å². The molecule has 6 heteroatoms. The van der Waals surface area contributed by atoms with Crippen LogP contribution >= 0.6 is 11.3 Å². The molecule has 108 valence electrons. The lowest BCUT2D eigenvalue weighted by Crippen LogP contribution is -2.24. The van der Waals surface area contributed by atoms with E-state index in [0.29, 0.717) is 6.54 Å². The van der Waals surface area contributed by atoms with Crippen molar-refractivity contribution in [3.05, 3.63) is 51.5 Å². The minimum absolute atomic E-state index is 0.0259. The molecule has 0 saturated heterocycles. The standard InChI is InChI=1S/C14H16F2N2OS/c1-9-18-11(8-20-9)4-5-17-7-14(19)12-6-10(15)2-3-13(12)16/h2-3,6,8,14,17,19H,4-5,7H2,1H3. The molecule has 1 heterocycles. The highest BCUT2D eigenvalue weighted by Gasteiger charge is 2.13. The summed E-state index contributed by atoms with van der Waals surface area (Å²) in [4.78, 5) is 4.32. The molecule has 1 aromatic carbocycles. The highest BCUT2D eigenvalue weighted by molar-refractivity contribution is 7.09. The lowest BCUT2D eigenvalue weighted by molar-refractivity contribution is 0.170. The summed E-state index contributed by atoms with van der Waals surface area (Å²) in [6.07, 6.45) is -0.328. The third-order valence-corrected chi connectivity index (χ3v) is 3.70. The fourth-order valence-corrected chi connectivity index (χ4v) is 2.51. The monoisotopic (exact) mass is 298 g/mol. The Hall–Kier alpha value is -1.37. The Morgan fingerprint density at radius 1 is 1.40 bits per heavy atom. The maximum atomic E-state index is 13.4. The van der Waals surface area contributed by atoms with Gasteiger partial charge < -0.3 is 10.4 Å². The normalized spacial score (nSPS) is 12.6. The summed E-state index contributed by atoms with van der Waals surface area (Å²) < 4.78 is 26.4. The van der Waals surface area contributed by atoms with Gasteiger partial charge >= 0.3 is 0 Å². The Morgan fingerprint density at radius 2 is 2.20 bits per heavy atom. The van der Waals surface area contributed by atoms with Crippen molar-refractivity contribution in [3.8, 4) is 0 Å². The molecule has 0 saturated carbocycles. The van der Waals surface area contributed by atoms with Gasteiger partial charge in [-0.3, -0.25) is 0 Å². The quantitative estimate of drug-likeness (QED) is 0.806. The summed E-state index contributed by atoms with van der Waals surface area (Å²) in [5.41, 5.74) is 0.966. The van der Waals surface area contributed by atoms with E-state index in [0.717, 1.165) is 35.3 Å². The lowest BCUT2D eigenvalue weighted by Gasteiger charge is -2.12. The molecule has 0 amide bonds. The van der Waals surface area contributed by atoms with Gasteiger partial charge in [0, 0.05) is 30.5 Å². The topological polar surface area (TPSA) is 45.2 Å². The van der Waals surface area contributed by atoms with Crippen LogP contribution in [0.5, 0.6) is 0 Å². The fraction of sp³-hybridized carbons (Fsp3) is 0.357. The molecule has 2 aromatic rings. The van der Waals surface area contributed by atoms with Crippen LogP contribution in [0, 0.1) is 18.6 Å². The van der Waals surface area contributed by atoms with Crippen LogP contribution in [0.25, 0.3) is 0 Å². The SMILES string of the molecule is Cc1nc(CCNCC(O)c2cc(F)ccc2F)cs1. The Balaban J connectivity index is 1.80. The van der Waals surface area contributed by atoms with E-state index in [1.807, 2.05) is 12.3 Å². The van der Waals surface area contributed by atoms with Crippen LogP contribution in [0.3, 0.4) is 0 Å². The second-order valence-corrected chi connectivity index (χ2v) is 5.56. The number of halogens is 2. The summed E-state index contributed by atoms with van der Waals surface area (Å²) in [6, 6.07) is 3.07. The number of nitrogens with zero attached hydrogens (tertiary/aromatic N) is 1. The second-order valence-electron chi connectivity index (χ2n) is 4.49. The summed E-state index contributed by atoms with van der Waals surface area (Å²) in [7, 11) is 0. The van der Waals surface area contributed by atoms with E-state index in [1.54, 1.807) is 11.3 Å². The van der Waals surface area contributed by atoms with Crippen molar-refractivity contribution in [2.24, 2.45) is 0 Å². The van der Waals surface area contributed by atoms with Gasteiger partial charge in [0.15, 0.2) is 0 Å². The third-order valence-electron chi connectivity index (χ3n) is 2.88. The predicted molar refractivity (Wildman–Crippen MR) is 74.7 cm³/mol. The zero-order valence-corrected chi connectivity index (χ0v) is 11.9. The zero-order chi connectivity index (χ0) is 14.5. The number of benzene rings is 1. The average Bonchev–Trinajstić information content (AvgIpc) is 2.83. The highest BCUT2D eigenvalue weighted by Crippen LogP contribution is 2.17. The van der Waals surface area contributed by atoms with Crippen LogP contribution in [0.4, 0.5) is 8.78 Å². The molecule has 0 spiro atoms. The number of aryl methyl sites for hydroxylation is 1. The van der Waals surface area contributed by atoms with Crippen LogP contribution < -0.4 is 5.32 Å². The third kappa shape index (κ3) is 4.06. The van der Waals surface area contributed by atoms with Crippen LogP contribution in [-0.4, -0.2) is 23.2 Å². The molecule has 1 aromatic heterocycles. The minimum atomic E-state index is -1.07. The molecule has 0 aliphatic rings. The number of hydrogen-bond acceptors (Lipinski definition) is 4. The maximum Gasteiger partial charge on any atom is 0.129 e. The first-order chi connectivity index (χ1) is 9.56. The van der Waals surface area contributed by atoms with E-state index in [-0.39, 0.29) is 12.1 Å². The van der Waals surface area contributed by atoms with Crippen molar-refractivity contribution in [1.29, 1.82) is 0 Å². The van der Waals surface area contributed by atoms with Gasteiger partial charge in [-0.2, -0.15) is 0 Å². The lowest BCUT2D eigenvalue weighted by atomic mass is 10.1. The van der Waals surface area contributed by atoms with E-state index in [1.165, 1.54) is 0 Å². The van der Waals surface area contributed by atoms with Crippen molar-refractivity contribution in [1.82, 2.24) is 10.3 Å². The number of hydrogen-bond donors (Lipinski definition) is 2. The first kappa shape index (κ1) is 15.0. The fourth-order valence-electron chi connectivity index (χ4n) is 1.86. The molecule has 0 bridgehead atoms. The largest absolute Gasteiger partial charge is 0.387 e. The zero-order valence-electron chi connectivity index (χ0n) is 11.1. The number of aliphatic hydroxyl groups is 1. The van der Waals surface area contributed by atoms with Crippen LogP contribution in [-0.2, 0) is 6.42 Å². The van der Waals surface area contributed by atoms with Gasteiger partial charge in [0.2, 0.25) is 0 Å². The Bertz CT molecular complexity index is 574. The summed E-state index contributed by atoms with van der Waals surface area (Å²) in [5, 5.41) is 15.9. The van der Waals surface area contributed by atoms with E-state index >= 15 is 0 Å². The first-order valence-electron chi connectivity index (χ1n) is 6.31.